The van der Waals surface area contributed by atoms with E-state index in [1.54, 1.807) is 12.1 Å². The molecule has 7 N–H and O–H groups in total. The monoisotopic (exact) mass is 389 g/mol. The zero-order chi connectivity index (χ0) is 20.3. The van der Waals surface area contributed by atoms with Crippen LogP contribution in [0, 0.1) is 11.8 Å². The second kappa shape index (κ2) is 8.94. The highest BCUT2D eigenvalue weighted by molar-refractivity contribution is 6.47. The maximum Gasteiger partial charge on any atom is 0.547 e. The van der Waals surface area contributed by atoms with Gasteiger partial charge in [-0.15, -0.1) is 0 Å². The Morgan fingerprint density at radius 1 is 1.29 bits per heavy atom. The van der Waals surface area contributed by atoms with Crippen LogP contribution in [-0.2, 0) is 11.2 Å². The molecule has 0 radical (unpaired) electrons. The van der Waals surface area contributed by atoms with Crippen molar-refractivity contribution >= 4 is 19.0 Å². The summed E-state index contributed by atoms with van der Waals surface area (Å²) in [4.78, 5) is 23.8. The van der Waals surface area contributed by atoms with Gasteiger partial charge in [0.05, 0.1) is 11.5 Å². The van der Waals surface area contributed by atoms with Gasteiger partial charge >= 0.3 is 13.1 Å². The van der Waals surface area contributed by atoms with Crippen LogP contribution in [0.5, 0.6) is 5.75 Å². The van der Waals surface area contributed by atoms with E-state index >= 15 is 0 Å². The predicted octanol–water partition coefficient (Wildman–Crippen LogP) is 0.307. The molecular formula is C19H28BN3O5. The van der Waals surface area contributed by atoms with Crippen molar-refractivity contribution in [3.63, 3.8) is 0 Å². The summed E-state index contributed by atoms with van der Waals surface area (Å²) in [6, 6.07) is 4.83. The summed E-state index contributed by atoms with van der Waals surface area (Å²) in [6.45, 7) is 0.487. The minimum absolute atomic E-state index is 0.00812. The van der Waals surface area contributed by atoms with E-state index < -0.39 is 19.0 Å². The highest BCUT2D eigenvalue weighted by Crippen LogP contribution is 2.33. The van der Waals surface area contributed by atoms with Crippen LogP contribution in [0.1, 0.15) is 48.0 Å². The van der Waals surface area contributed by atoms with Crippen molar-refractivity contribution in [2.45, 2.75) is 50.5 Å². The maximum absolute atomic E-state index is 12.5. The lowest BCUT2D eigenvalue weighted by molar-refractivity contribution is -0.122. The Balaban J connectivity index is 1.54. The number of rotatable bonds is 6. The second-order valence-corrected chi connectivity index (χ2v) is 7.87. The molecular weight excluding hydrogens is 361 g/mol. The van der Waals surface area contributed by atoms with E-state index in [0.717, 1.165) is 25.7 Å². The third-order valence-corrected chi connectivity index (χ3v) is 5.94. The van der Waals surface area contributed by atoms with E-state index in [4.69, 9.17) is 16.1 Å². The standard InChI is InChI=1S/C19H28BN3O5/c21-10-15(22)12-6-4-11(5-7-12)8-17(24)23-16-9-13-2-1-3-14(19(25)26)18(13)28-20(16)27/h1-3,11-12,15-16,27H,4-10,21-22H2,(H,23,24)(H,25,26). The molecule has 9 heteroatoms. The molecule has 1 aromatic rings. The molecule has 2 unspecified atom stereocenters. The molecule has 1 amide bonds. The molecule has 0 saturated heterocycles. The number of hydrogen-bond acceptors (Lipinski definition) is 6. The number of carbonyl (C=O) groups excluding carboxylic acids is 1. The highest BCUT2D eigenvalue weighted by Gasteiger charge is 2.38. The molecule has 152 valence electrons. The SMILES string of the molecule is NCC(N)C1CCC(CC(=O)NC2Cc3cccc(C(=O)O)c3OB2O)CC1. The van der Waals surface area contributed by atoms with Gasteiger partial charge in [0.15, 0.2) is 0 Å². The molecule has 28 heavy (non-hydrogen) atoms. The van der Waals surface area contributed by atoms with E-state index in [2.05, 4.69) is 5.32 Å². The van der Waals surface area contributed by atoms with Crippen LogP contribution < -0.4 is 21.4 Å². The lowest BCUT2D eigenvalue weighted by Gasteiger charge is -2.32. The van der Waals surface area contributed by atoms with Gasteiger partial charge in [-0.25, -0.2) is 4.79 Å². The molecule has 1 heterocycles. The molecule has 0 aromatic heterocycles. The fraction of sp³-hybridized carbons (Fsp3) is 0.579. The zero-order valence-electron chi connectivity index (χ0n) is 15.8. The molecule has 2 atom stereocenters. The van der Waals surface area contributed by atoms with Gasteiger partial charge in [0.1, 0.15) is 5.75 Å². The van der Waals surface area contributed by atoms with Crippen LogP contribution in [0.3, 0.4) is 0 Å². The van der Waals surface area contributed by atoms with Crippen molar-refractivity contribution in [3.05, 3.63) is 29.3 Å². The Hall–Kier alpha value is -2.10. The number of carbonyl (C=O) groups is 2. The van der Waals surface area contributed by atoms with Crippen LogP contribution in [0.4, 0.5) is 0 Å². The van der Waals surface area contributed by atoms with Crippen molar-refractivity contribution in [1.29, 1.82) is 0 Å². The lowest BCUT2D eigenvalue weighted by atomic mass is 9.72. The fourth-order valence-electron chi connectivity index (χ4n) is 4.26. The normalized spacial score (nSPS) is 25.4. The number of nitrogens with one attached hydrogen (secondary N) is 1. The number of nitrogens with two attached hydrogens (primary N) is 2. The number of para-hydroxylation sites is 1. The Labute approximate surface area is 164 Å². The fourth-order valence-corrected chi connectivity index (χ4v) is 4.26. The first-order chi connectivity index (χ1) is 13.4. The van der Waals surface area contributed by atoms with Gasteiger partial charge in [0.2, 0.25) is 5.91 Å². The Kier molecular flexibility index (Phi) is 6.59. The topological polar surface area (TPSA) is 148 Å². The summed E-state index contributed by atoms with van der Waals surface area (Å²) in [5.41, 5.74) is 12.3. The summed E-state index contributed by atoms with van der Waals surface area (Å²) in [5.74, 6) is -0.950. The van der Waals surface area contributed by atoms with Crippen LogP contribution in [0.15, 0.2) is 18.2 Å². The number of fused-ring (bicyclic) bond motifs is 1. The zero-order valence-corrected chi connectivity index (χ0v) is 15.8. The van der Waals surface area contributed by atoms with Crippen molar-refractivity contribution in [3.8, 4) is 5.75 Å². The first kappa shape index (κ1) is 20.6. The highest BCUT2D eigenvalue weighted by atomic mass is 16.5. The van der Waals surface area contributed by atoms with E-state index in [1.165, 1.54) is 6.07 Å². The Bertz CT molecular complexity index is 724. The van der Waals surface area contributed by atoms with E-state index in [-0.39, 0.29) is 23.3 Å². The minimum Gasteiger partial charge on any atom is -0.534 e. The largest absolute Gasteiger partial charge is 0.547 e. The first-order valence-electron chi connectivity index (χ1n) is 9.84. The van der Waals surface area contributed by atoms with E-state index in [0.29, 0.717) is 36.8 Å². The van der Waals surface area contributed by atoms with Crippen molar-refractivity contribution in [2.75, 3.05) is 6.54 Å². The average molecular weight is 389 g/mol. The molecule has 1 saturated carbocycles. The van der Waals surface area contributed by atoms with Gasteiger partial charge in [0, 0.05) is 19.0 Å². The molecule has 3 rings (SSSR count). The number of carboxylic acids is 1. The third-order valence-electron chi connectivity index (χ3n) is 5.94. The smallest absolute Gasteiger partial charge is 0.534 e. The average Bonchev–Trinajstić information content (AvgIpc) is 2.68. The summed E-state index contributed by atoms with van der Waals surface area (Å²) < 4.78 is 5.41. The number of benzene rings is 1. The third kappa shape index (κ3) is 4.66. The van der Waals surface area contributed by atoms with Gasteiger partial charge in [-0.05, 0) is 55.6 Å². The van der Waals surface area contributed by atoms with Gasteiger partial charge < -0.3 is 31.6 Å². The van der Waals surface area contributed by atoms with Crippen LogP contribution >= 0.6 is 0 Å². The molecule has 1 aromatic carbocycles. The Morgan fingerprint density at radius 2 is 2.00 bits per heavy atom. The molecule has 1 fully saturated rings. The summed E-state index contributed by atoms with van der Waals surface area (Å²) in [5, 5.41) is 22.3. The second-order valence-electron chi connectivity index (χ2n) is 7.87. The number of amides is 1. The number of carboxylic acid groups (broad SMARTS) is 1. The lowest BCUT2D eigenvalue weighted by Crippen LogP contribution is -2.53. The van der Waals surface area contributed by atoms with Crippen molar-refractivity contribution < 1.29 is 24.4 Å². The van der Waals surface area contributed by atoms with Crippen molar-refractivity contribution in [1.82, 2.24) is 5.32 Å². The first-order valence-corrected chi connectivity index (χ1v) is 9.84. The van der Waals surface area contributed by atoms with E-state index in [9.17, 15) is 19.7 Å². The molecule has 0 spiro atoms. The van der Waals surface area contributed by atoms with Gasteiger partial charge in [-0.2, -0.15) is 0 Å². The quantitative estimate of drug-likeness (QED) is 0.440. The van der Waals surface area contributed by atoms with Crippen molar-refractivity contribution in [2.24, 2.45) is 23.3 Å². The minimum atomic E-state index is -1.28. The van der Waals surface area contributed by atoms with E-state index in [1.807, 2.05) is 0 Å². The predicted molar refractivity (Wildman–Crippen MR) is 105 cm³/mol. The van der Waals surface area contributed by atoms with Gasteiger partial charge in [-0.1, -0.05) is 12.1 Å². The molecule has 8 nitrogen and oxygen atoms in total. The molecule has 2 aliphatic rings. The summed E-state index contributed by atoms with van der Waals surface area (Å²) >= 11 is 0. The van der Waals surface area contributed by atoms with Crippen LogP contribution in [0.25, 0.3) is 0 Å². The summed E-state index contributed by atoms with van der Waals surface area (Å²) in [7, 11) is -1.28. The number of hydrogen-bond donors (Lipinski definition) is 5. The van der Waals surface area contributed by atoms with Crippen LogP contribution in [-0.4, -0.2) is 47.7 Å². The maximum atomic E-state index is 12.5. The van der Waals surface area contributed by atoms with Gasteiger partial charge in [0.25, 0.3) is 0 Å². The Morgan fingerprint density at radius 3 is 2.64 bits per heavy atom. The summed E-state index contributed by atoms with van der Waals surface area (Å²) in [6.07, 6.45) is 4.57. The number of aromatic carboxylic acids is 1. The van der Waals surface area contributed by atoms with Crippen LogP contribution in [0.2, 0.25) is 0 Å². The molecule has 1 aliphatic carbocycles. The molecule has 0 bridgehead atoms. The molecule has 1 aliphatic heterocycles. The van der Waals surface area contributed by atoms with Gasteiger partial charge in [-0.3, -0.25) is 4.79 Å².